The predicted octanol–water partition coefficient (Wildman–Crippen LogP) is 3.18. The number of ether oxygens (including phenoxy) is 1. The third-order valence-corrected chi connectivity index (χ3v) is 4.03. The van der Waals surface area contributed by atoms with Crippen LogP contribution in [0.25, 0.3) is 10.8 Å². The maximum atomic E-state index is 12.7. The number of hydrogen-bond donors (Lipinski definition) is 2. The van der Waals surface area contributed by atoms with Gasteiger partial charge in [0.05, 0.1) is 5.69 Å². The van der Waals surface area contributed by atoms with E-state index in [1.54, 1.807) is 37.8 Å². The lowest BCUT2D eigenvalue weighted by atomic mass is 10.1. The number of carbonyl (C=O) groups is 2. The molecule has 6 nitrogen and oxygen atoms in total. The van der Waals surface area contributed by atoms with Crippen molar-refractivity contribution in [3.05, 3.63) is 36.4 Å². The van der Waals surface area contributed by atoms with Gasteiger partial charge in [0.15, 0.2) is 0 Å². The largest absolute Gasteiger partial charge is 0.508 e. The lowest BCUT2D eigenvalue weighted by Gasteiger charge is -2.22. The first kappa shape index (κ1) is 17.1. The molecule has 132 valence electrons. The standard InChI is InChI=1S/C19H22N2O4/c1-19(2,3)25-18(24)20-15-9-10-21(17(15)23)16-6-4-5-12-7-8-13(22)11-14(12)16/h4-8,11,15,22H,9-10H2,1-3H3,(H,20,24)/t15-/m0/s1. The van der Waals surface area contributed by atoms with E-state index < -0.39 is 17.7 Å². The maximum absolute atomic E-state index is 12.7. The fraction of sp³-hybridized carbons (Fsp3) is 0.368. The van der Waals surface area contributed by atoms with E-state index in [9.17, 15) is 14.7 Å². The van der Waals surface area contributed by atoms with Crippen LogP contribution in [0.15, 0.2) is 36.4 Å². The van der Waals surface area contributed by atoms with Crippen molar-refractivity contribution in [3.8, 4) is 5.75 Å². The van der Waals surface area contributed by atoms with Gasteiger partial charge in [-0.15, -0.1) is 0 Å². The van der Waals surface area contributed by atoms with Crippen LogP contribution in [-0.4, -0.2) is 35.3 Å². The molecule has 2 N–H and O–H groups in total. The minimum Gasteiger partial charge on any atom is -0.508 e. The third kappa shape index (κ3) is 3.68. The Morgan fingerprint density at radius 2 is 2.04 bits per heavy atom. The molecule has 1 saturated heterocycles. The highest BCUT2D eigenvalue weighted by atomic mass is 16.6. The Balaban J connectivity index is 1.81. The number of phenolic OH excluding ortho intramolecular Hbond substituents is 1. The van der Waals surface area contributed by atoms with Gasteiger partial charge in [0.2, 0.25) is 5.91 Å². The molecular formula is C19H22N2O4. The summed E-state index contributed by atoms with van der Waals surface area (Å²) in [4.78, 5) is 26.3. The van der Waals surface area contributed by atoms with Crippen LogP contribution < -0.4 is 10.2 Å². The molecule has 2 amide bonds. The fourth-order valence-corrected chi connectivity index (χ4v) is 2.98. The number of hydrogen-bond acceptors (Lipinski definition) is 4. The molecule has 0 bridgehead atoms. The summed E-state index contributed by atoms with van der Waals surface area (Å²) in [6, 6.07) is 10.1. The molecule has 1 fully saturated rings. The number of fused-ring (bicyclic) bond motifs is 1. The average molecular weight is 342 g/mol. The number of aromatic hydroxyl groups is 1. The highest BCUT2D eigenvalue weighted by Gasteiger charge is 2.35. The Morgan fingerprint density at radius 1 is 1.28 bits per heavy atom. The molecule has 2 aromatic carbocycles. The summed E-state index contributed by atoms with van der Waals surface area (Å²) in [5.41, 5.74) is 0.116. The Bertz CT molecular complexity index is 826. The lowest BCUT2D eigenvalue weighted by Crippen LogP contribution is -2.43. The van der Waals surface area contributed by atoms with Crippen LogP contribution in [0.1, 0.15) is 27.2 Å². The van der Waals surface area contributed by atoms with Crippen LogP contribution in [0.5, 0.6) is 5.75 Å². The molecule has 1 aliphatic heterocycles. The van der Waals surface area contributed by atoms with Crippen molar-refractivity contribution in [2.45, 2.75) is 38.8 Å². The number of carbonyl (C=O) groups excluding carboxylic acids is 2. The molecule has 6 heteroatoms. The number of nitrogens with zero attached hydrogens (tertiary/aromatic N) is 1. The molecule has 1 aliphatic rings. The van der Waals surface area contributed by atoms with Gasteiger partial charge in [0, 0.05) is 11.9 Å². The summed E-state index contributed by atoms with van der Waals surface area (Å²) in [5, 5.41) is 14.1. The number of phenols is 1. The van der Waals surface area contributed by atoms with Crippen molar-refractivity contribution in [2.75, 3.05) is 11.4 Å². The molecule has 0 spiro atoms. The monoisotopic (exact) mass is 342 g/mol. The normalized spacial score (nSPS) is 17.8. The molecule has 2 aromatic rings. The van der Waals surface area contributed by atoms with Gasteiger partial charge in [-0.1, -0.05) is 18.2 Å². The van der Waals surface area contributed by atoms with Crippen molar-refractivity contribution >= 4 is 28.5 Å². The molecule has 0 aromatic heterocycles. The second kappa shape index (κ2) is 6.27. The van der Waals surface area contributed by atoms with E-state index in [2.05, 4.69) is 5.32 Å². The van der Waals surface area contributed by atoms with Gasteiger partial charge >= 0.3 is 6.09 Å². The summed E-state index contributed by atoms with van der Waals surface area (Å²) < 4.78 is 5.22. The predicted molar refractivity (Wildman–Crippen MR) is 95.7 cm³/mol. The third-order valence-electron chi connectivity index (χ3n) is 4.03. The maximum Gasteiger partial charge on any atom is 0.408 e. The van der Waals surface area contributed by atoms with Gasteiger partial charge in [0.1, 0.15) is 17.4 Å². The van der Waals surface area contributed by atoms with Crippen molar-refractivity contribution < 1.29 is 19.4 Å². The molecule has 0 unspecified atom stereocenters. The first-order valence-corrected chi connectivity index (χ1v) is 8.27. The summed E-state index contributed by atoms with van der Waals surface area (Å²) >= 11 is 0. The zero-order valence-corrected chi connectivity index (χ0v) is 14.6. The molecule has 0 radical (unpaired) electrons. The van der Waals surface area contributed by atoms with E-state index in [1.165, 1.54) is 0 Å². The van der Waals surface area contributed by atoms with E-state index >= 15 is 0 Å². The van der Waals surface area contributed by atoms with E-state index in [1.807, 2.05) is 24.3 Å². The molecule has 1 atom stereocenters. The molecular weight excluding hydrogens is 320 g/mol. The number of nitrogens with one attached hydrogen (secondary N) is 1. The van der Waals surface area contributed by atoms with Gasteiger partial charge < -0.3 is 20.1 Å². The second-order valence-corrected chi connectivity index (χ2v) is 7.16. The van der Waals surface area contributed by atoms with Crippen LogP contribution in [-0.2, 0) is 9.53 Å². The van der Waals surface area contributed by atoms with Crippen molar-refractivity contribution in [1.29, 1.82) is 0 Å². The van der Waals surface area contributed by atoms with Crippen LogP contribution in [0.4, 0.5) is 10.5 Å². The molecule has 1 heterocycles. The van der Waals surface area contributed by atoms with Crippen LogP contribution >= 0.6 is 0 Å². The van der Waals surface area contributed by atoms with E-state index in [-0.39, 0.29) is 11.7 Å². The number of alkyl carbamates (subject to hydrolysis) is 1. The van der Waals surface area contributed by atoms with Crippen molar-refractivity contribution in [2.24, 2.45) is 0 Å². The molecule has 25 heavy (non-hydrogen) atoms. The minimum atomic E-state index is -0.613. The number of rotatable bonds is 2. The van der Waals surface area contributed by atoms with Crippen LogP contribution in [0.2, 0.25) is 0 Å². The summed E-state index contributed by atoms with van der Waals surface area (Å²) in [6.45, 7) is 5.82. The van der Waals surface area contributed by atoms with Gasteiger partial charge in [-0.3, -0.25) is 4.79 Å². The smallest absolute Gasteiger partial charge is 0.408 e. The summed E-state index contributed by atoms with van der Waals surface area (Å²) in [6.07, 6.45) is -0.0870. The Morgan fingerprint density at radius 3 is 2.76 bits per heavy atom. The first-order valence-electron chi connectivity index (χ1n) is 8.27. The number of amides is 2. The quantitative estimate of drug-likeness (QED) is 0.878. The van der Waals surface area contributed by atoms with Crippen molar-refractivity contribution in [1.82, 2.24) is 5.32 Å². The number of benzene rings is 2. The van der Waals surface area contributed by atoms with E-state index in [4.69, 9.17) is 4.74 Å². The summed E-state index contributed by atoms with van der Waals surface area (Å²) in [7, 11) is 0. The van der Waals surface area contributed by atoms with Gasteiger partial charge in [-0.2, -0.15) is 0 Å². The zero-order valence-electron chi connectivity index (χ0n) is 14.6. The zero-order chi connectivity index (χ0) is 18.2. The van der Waals surface area contributed by atoms with Gasteiger partial charge in [-0.05, 0) is 50.8 Å². The minimum absolute atomic E-state index is 0.148. The molecule has 0 saturated carbocycles. The Kier molecular flexibility index (Phi) is 4.29. The molecule has 3 rings (SSSR count). The SMILES string of the molecule is CC(C)(C)OC(=O)N[C@H]1CCN(c2cccc3ccc(O)cc23)C1=O. The van der Waals surface area contributed by atoms with Crippen LogP contribution in [0, 0.1) is 0 Å². The fourth-order valence-electron chi connectivity index (χ4n) is 2.98. The Labute approximate surface area is 146 Å². The van der Waals surface area contributed by atoms with E-state index in [0.29, 0.717) is 13.0 Å². The van der Waals surface area contributed by atoms with Gasteiger partial charge in [0.25, 0.3) is 0 Å². The summed E-state index contributed by atoms with van der Waals surface area (Å²) in [5.74, 6) is -0.0308. The van der Waals surface area contributed by atoms with E-state index in [0.717, 1.165) is 16.5 Å². The number of anilines is 1. The first-order chi connectivity index (χ1) is 11.7. The second-order valence-electron chi connectivity index (χ2n) is 7.16. The highest BCUT2D eigenvalue weighted by Crippen LogP contribution is 2.32. The van der Waals surface area contributed by atoms with Crippen LogP contribution in [0.3, 0.4) is 0 Å². The highest BCUT2D eigenvalue weighted by molar-refractivity contribution is 6.07. The molecule has 0 aliphatic carbocycles. The van der Waals surface area contributed by atoms with Crippen molar-refractivity contribution in [3.63, 3.8) is 0 Å². The topological polar surface area (TPSA) is 78.9 Å². The average Bonchev–Trinajstić information content (AvgIpc) is 2.85. The lowest BCUT2D eigenvalue weighted by molar-refractivity contribution is -0.118. The Hall–Kier alpha value is -2.76. The van der Waals surface area contributed by atoms with Gasteiger partial charge in [-0.25, -0.2) is 4.79 Å².